The topological polar surface area (TPSA) is 88.2 Å². The SMILES string of the molecule is Cc1ccccc1C(=O)c1cnc(NCCCNS(=O)(=O)c2ccc(F)cc2F)s1. The Labute approximate surface area is 177 Å². The van der Waals surface area contributed by atoms with Gasteiger partial charge in [0.1, 0.15) is 16.5 Å². The fraction of sp³-hybridized carbons (Fsp3) is 0.200. The third kappa shape index (κ3) is 5.26. The second-order valence-corrected chi connectivity index (χ2v) is 9.19. The van der Waals surface area contributed by atoms with Gasteiger partial charge in [-0.2, -0.15) is 0 Å². The smallest absolute Gasteiger partial charge is 0.243 e. The van der Waals surface area contributed by atoms with Gasteiger partial charge in [0.25, 0.3) is 0 Å². The van der Waals surface area contributed by atoms with Crippen molar-refractivity contribution in [1.29, 1.82) is 0 Å². The number of thiazole rings is 1. The zero-order valence-corrected chi connectivity index (χ0v) is 17.6. The number of hydrogen-bond donors (Lipinski definition) is 2. The van der Waals surface area contributed by atoms with Crippen molar-refractivity contribution in [3.63, 3.8) is 0 Å². The highest BCUT2D eigenvalue weighted by Crippen LogP contribution is 2.22. The first kappa shape index (κ1) is 22.0. The molecule has 0 aliphatic rings. The predicted octanol–water partition coefficient (Wildman–Crippen LogP) is 3.74. The first-order valence-electron chi connectivity index (χ1n) is 9.02. The summed E-state index contributed by atoms with van der Waals surface area (Å²) in [6.45, 7) is 2.30. The fourth-order valence-corrected chi connectivity index (χ4v) is 4.61. The molecule has 2 N–H and O–H groups in total. The van der Waals surface area contributed by atoms with Gasteiger partial charge < -0.3 is 5.32 Å². The molecule has 0 fully saturated rings. The maximum absolute atomic E-state index is 13.7. The molecule has 1 heterocycles. The first-order chi connectivity index (χ1) is 14.3. The summed E-state index contributed by atoms with van der Waals surface area (Å²) in [7, 11) is -4.07. The second-order valence-electron chi connectivity index (χ2n) is 6.43. The van der Waals surface area contributed by atoms with Gasteiger partial charge in [0.05, 0.1) is 11.1 Å². The van der Waals surface area contributed by atoms with Crippen LogP contribution in [0, 0.1) is 18.6 Å². The molecule has 158 valence electrons. The monoisotopic (exact) mass is 451 g/mol. The molecule has 0 aliphatic heterocycles. The van der Waals surface area contributed by atoms with Gasteiger partial charge in [0.2, 0.25) is 15.8 Å². The van der Waals surface area contributed by atoms with Crippen LogP contribution < -0.4 is 10.0 Å². The quantitative estimate of drug-likeness (QED) is 0.382. The van der Waals surface area contributed by atoms with Gasteiger partial charge >= 0.3 is 0 Å². The van der Waals surface area contributed by atoms with Gasteiger partial charge in [0.15, 0.2) is 5.13 Å². The molecule has 1 aromatic heterocycles. The molecule has 0 spiro atoms. The lowest BCUT2D eigenvalue weighted by atomic mass is 10.0. The fourth-order valence-electron chi connectivity index (χ4n) is 2.68. The highest BCUT2D eigenvalue weighted by Gasteiger charge is 2.19. The van der Waals surface area contributed by atoms with Crippen LogP contribution in [0.4, 0.5) is 13.9 Å². The Kier molecular flexibility index (Phi) is 6.91. The lowest BCUT2D eigenvalue weighted by Gasteiger charge is -2.08. The molecular formula is C20H19F2N3O3S2. The Balaban J connectivity index is 1.49. The van der Waals surface area contributed by atoms with Crippen molar-refractivity contribution in [2.24, 2.45) is 0 Å². The number of halogens is 2. The number of anilines is 1. The minimum Gasteiger partial charge on any atom is -0.361 e. The Morgan fingerprint density at radius 2 is 1.90 bits per heavy atom. The second kappa shape index (κ2) is 9.41. The van der Waals surface area contributed by atoms with E-state index < -0.39 is 26.6 Å². The van der Waals surface area contributed by atoms with E-state index in [1.807, 2.05) is 19.1 Å². The summed E-state index contributed by atoms with van der Waals surface area (Å²) in [5.41, 5.74) is 1.51. The molecule has 0 saturated carbocycles. The van der Waals surface area contributed by atoms with Crippen LogP contribution in [0.2, 0.25) is 0 Å². The molecule has 0 unspecified atom stereocenters. The highest BCUT2D eigenvalue weighted by atomic mass is 32.2. The molecule has 3 aromatic rings. The van der Waals surface area contributed by atoms with Crippen LogP contribution in [-0.4, -0.2) is 32.3 Å². The van der Waals surface area contributed by atoms with E-state index in [9.17, 15) is 22.0 Å². The zero-order chi connectivity index (χ0) is 21.7. The van der Waals surface area contributed by atoms with E-state index in [0.29, 0.717) is 34.6 Å². The maximum Gasteiger partial charge on any atom is 0.243 e. The van der Waals surface area contributed by atoms with Crippen LogP contribution in [-0.2, 0) is 10.0 Å². The number of carbonyl (C=O) groups excluding carboxylic acids is 1. The largest absolute Gasteiger partial charge is 0.361 e. The Morgan fingerprint density at radius 3 is 2.63 bits per heavy atom. The maximum atomic E-state index is 13.7. The van der Waals surface area contributed by atoms with E-state index in [0.717, 1.165) is 17.7 Å². The molecule has 0 aliphatic carbocycles. The predicted molar refractivity (Wildman–Crippen MR) is 111 cm³/mol. The lowest BCUT2D eigenvalue weighted by molar-refractivity contribution is 0.104. The van der Waals surface area contributed by atoms with Gasteiger partial charge in [-0.15, -0.1) is 0 Å². The van der Waals surface area contributed by atoms with Crippen LogP contribution in [0.3, 0.4) is 0 Å². The molecule has 3 rings (SSSR count). The van der Waals surface area contributed by atoms with E-state index in [1.165, 1.54) is 17.5 Å². The Morgan fingerprint density at radius 1 is 1.13 bits per heavy atom. The van der Waals surface area contributed by atoms with E-state index in [-0.39, 0.29) is 12.3 Å². The average molecular weight is 452 g/mol. The number of aromatic nitrogens is 1. The van der Waals surface area contributed by atoms with E-state index >= 15 is 0 Å². The van der Waals surface area contributed by atoms with Crippen LogP contribution >= 0.6 is 11.3 Å². The lowest BCUT2D eigenvalue weighted by Crippen LogP contribution is -2.27. The number of ketones is 1. The summed E-state index contributed by atoms with van der Waals surface area (Å²) in [6, 6.07) is 9.59. The molecule has 0 bridgehead atoms. The van der Waals surface area contributed by atoms with Gasteiger partial charge in [-0.3, -0.25) is 4.79 Å². The molecule has 2 aromatic carbocycles. The van der Waals surface area contributed by atoms with E-state index in [4.69, 9.17) is 0 Å². The summed E-state index contributed by atoms with van der Waals surface area (Å²) in [5.74, 6) is -2.10. The normalized spacial score (nSPS) is 11.4. The molecule has 6 nitrogen and oxygen atoms in total. The van der Waals surface area contributed by atoms with Crippen LogP contribution in [0.15, 0.2) is 53.6 Å². The minimum absolute atomic E-state index is 0.0481. The van der Waals surface area contributed by atoms with Crippen molar-refractivity contribution >= 4 is 32.3 Å². The third-order valence-electron chi connectivity index (χ3n) is 4.22. The molecule has 0 saturated heterocycles. The molecule has 0 radical (unpaired) electrons. The summed E-state index contributed by atoms with van der Waals surface area (Å²) in [5, 5.41) is 3.57. The number of aryl methyl sites for hydroxylation is 1. The number of carbonyl (C=O) groups is 1. The standard InChI is InChI=1S/C20H19F2N3O3S2/c1-13-5-2-3-6-15(13)19(26)17-12-24-20(29-17)23-9-4-10-25-30(27,28)18-8-7-14(21)11-16(18)22/h2-3,5-8,11-12,25H,4,9-10H2,1H3,(H,23,24). The summed E-state index contributed by atoms with van der Waals surface area (Å²) in [4.78, 5) is 16.6. The number of rotatable bonds is 9. The van der Waals surface area contributed by atoms with Crippen molar-refractivity contribution in [3.05, 3.63) is 76.3 Å². The minimum atomic E-state index is -4.07. The number of nitrogens with zero attached hydrogens (tertiary/aromatic N) is 1. The average Bonchev–Trinajstić information content (AvgIpc) is 3.16. The van der Waals surface area contributed by atoms with Crippen LogP contribution in [0.25, 0.3) is 0 Å². The molecule has 10 heteroatoms. The summed E-state index contributed by atoms with van der Waals surface area (Å²) < 4.78 is 53.0. The van der Waals surface area contributed by atoms with Crippen molar-refractivity contribution in [2.75, 3.05) is 18.4 Å². The highest BCUT2D eigenvalue weighted by molar-refractivity contribution is 7.89. The van der Waals surface area contributed by atoms with Crippen LogP contribution in [0.1, 0.15) is 27.2 Å². The number of hydrogen-bond acceptors (Lipinski definition) is 6. The van der Waals surface area contributed by atoms with Gasteiger partial charge in [-0.1, -0.05) is 35.6 Å². The van der Waals surface area contributed by atoms with Gasteiger partial charge in [-0.25, -0.2) is 26.9 Å². The van der Waals surface area contributed by atoms with E-state index in [2.05, 4.69) is 15.0 Å². The van der Waals surface area contributed by atoms with Crippen molar-refractivity contribution < 1.29 is 22.0 Å². The van der Waals surface area contributed by atoms with Gasteiger partial charge in [-0.05, 0) is 31.0 Å². The van der Waals surface area contributed by atoms with Crippen LogP contribution in [0.5, 0.6) is 0 Å². The number of sulfonamides is 1. The summed E-state index contributed by atoms with van der Waals surface area (Å²) >= 11 is 1.21. The Bertz CT molecular complexity index is 1160. The Hall–Kier alpha value is -2.69. The molecule has 0 atom stereocenters. The van der Waals surface area contributed by atoms with Crippen molar-refractivity contribution in [1.82, 2.24) is 9.71 Å². The summed E-state index contributed by atoms with van der Waals surface area (Å²) in [6.07, 6.45) is 1.89. The number of benzene rings is 2. The first-order valence-corrected chi connectivity index (χ1v) is 11.3. The van der Waals surface area contributed by atoms with Crippen molar-refractivity contribution in [2.45, 2.75) is 18.2 Å². The van der Waals surface area contributed by atoms with E-state index in [1.54, 1.807) is 12.1 Å². The number of nitrogens with one attached hydrogen (secondary N) is 2. The molecular weight excluding hydrogens is 432 g/mol. The molecule has 30 heavy (non-hydrogen) atoms. The molecule has 0 amide bonds. The van der Waals surface area contributed by atoms with Gasteiger partial charge in [0, 0.05) is 24.7 Å². The third-order valence-corrected chi connectivity index (χ3v) is 6.67. The van der Waals surface area contributed by atoms with Crippen molar-refractivity contribution in [3.8, 4) is 0 Å². The zero-order valence-electron chi connectivity index (χ0n) is 16.0.